The van der Waals surface area contributed by atoms with Gasteiger partial charge < -0.3 is 21.8 Å². The number of hydrogen-bond acceptors (Lipinski definition) is 1. The van der Waals surface area contributed by atoms with Gasteiger partial charge in [0.2, 0.25) is 0 Å². The van der Waals surface area contributed by atoms with E-state index in [4.69, 9.17) is 0 Å². The monoisotopic (exact) mass is 209 g/mol. The molecule has 0 radical (unpaired) electrons. The molecule has 14 heavy (non-hydrogen) atoms. The van der Waals surface area contributed by atoms with Gasteiger partial charge in [0.15, 0.2) is 0 Å². The Kier molecular flexibility index (Phi) is 4.97. The highest BCUT2D eigenvalue weighted by Crippen LogP contribution is 2.06. The number of allylic oxidation sites excluding steroid dienone is 1. The van der Waals surface area contributed by atoms with Gasteiger partial charge in [-0.05, 0) is 0 Å². The molecule has 0 aliphatic heterocycles. The van der Waals surface area contributed by atoms with Gasteiger partial charge in [-0.2, -0.15) is 0 Å². The van der Waals surface area contributed by atoms with Gasteiger partial charge >= 0.3 is 7.25 Å². The lowest BCUT2D eigenvalue weighted by molar-refractivity contribution is 0.368. The topological polar surface area (TPSA) is 17.8 Å². The molecule has 0 amide bonds. The van der Waals surface area contributed by atoms with Crippen LogP contribution in [0.15, 0.2) is 25.0 Å². The molecule has 0 saturated heterocycles. The summed E-state index contributed by atoms with van der Waals surface area (Å²) >= 11 is 0. The number of nitrogens with zero attached hydrogens (tertiary/aromatic N) is 2. The van der Waals surface area contributed by atoms with E-state index in [0.29, 0.717) is 0 Å². The molecular formula is C7H10BF4N2-. The minimum atomic E-state index is -6.00. The number of imidazole rings is 1. The second-order valence-electron chi connectivity index (χ2n) is 2.44. The van der Waals surface area contributed by atoms with Crippen LogP contribution in [0.2, 0.25) is 0 Å². The van der Waals surface area contributed by atoms with E-state index in [0.717, 1.165) is 12.2 Å². The predicted octanol–water partition coefficient (Wildman–Crippen LogP) is 2.45. The van der Waals surface area contributed by atoms with Crippen molar-refractivity contribution in [1.29, 1.82) is 0 Å². The van der Waals surface area contributed by atoms with Crippen LogP contribution in [0.4, 0.5) is 17.3 Å². The molecule has 0 unspecified atom stereocenters. The van der Waals surface area contributed by atoms with Crippen LogP contribution in [0.25, 0.3) is 0 Å². The van der Waals surface area contributed by atoms with Crippen molar-refractivity contribution < 1.29 is 17.3 Å². The zero-order chi connectivity index (χ0) is 11.2. The number of aromatic nitrogens is 2. The van der Waals surface area contributed by atoms with E-state index in [-0.39, 0.29) is 0 Å². The highest BCUT2D eigenvalue weighted by atomic mass is 19.5. The Bertz CT molecular complexity index is 275. The minimum Gasteiger partial charge on any atom is -0.418 e. The fourth-order valence-electron chi connectivity index (χ4n) is 0.722. The summed E-state index contributed by atoms with van der Waals surface area (Å²) < 4.78 is 41.0. The fourth-order valence-corrected chi connectivity index (χ4v) is 0.722. The molecule has 2 nitrogen and oxygen atoms in total. The maximum absolute atomic E-state index is 9.75. The molecule has 0 aliphatic rings. The zero-order valence-corrected chi connectivity index (χ0v) is 7.63. The molecule has 0 aromatic carbocycles. The molecule has 0 aliphatic carbocycles. The molecule has 7 heteroatoms. The molecular weight excluding hydrogens is 199 g/mol. The lowest BCUT2D eigenvalue weighted by Gasteiger charge is -1.94. The van der Waals surface area contributed by atoms with Crippen molar-refractivity contribution in [1.82, 2.24) is 9.55 Å². The average Bonchev–Trinajstić information content (AvgIpc) is 2.34. The summed E-state index contributed by atoms with van der Waals surface area (Å²) in [4.78, 5) is 4.10. The molecule has 0 bridgehead atoms. The van der Waals surface area contributed by atoms with Crippen LogP contribution in [-0.2, 0) is 13.5 Å². The van der Waals surface area contributed by atoms with Gasteiger partial charge in [-0.1, -0.05) is 6.08 Å². The molecule has 0 N–H and O–H groups in total. The molecule has 0 saturated carbocycles. The number of halogens is 4. The molecule has 1 aromatic rings. The molecule has 1 rings (SSSR count). The molecule has 80 valence electrons. The van der Waals surface area contributed by atoms with E-state index in [1.54, 1.807) is 6.20 Å². The Balaban J connectivity index is 0.000000292. The second kappa shape index (κ2) is 5.46. The molecule has 0 atom stereocenters. The van der Waals surface area contributed by atoms with Gasteiger partial charge in [-0.25, -0.2) is 4.98 Å². The van der Waals surface area contributed by atoms with Crippen molar-refractivity contribution in [2.24, 2.45) is 7.05 Å². The smallest absolute Gasteiger partial charge is 0.418 e. The number of rotatable bonds is 2. The third-order valence-electron chi connectivity index (χ3n) is 1.25. The van der Waals surface area contributed by atoms with E-state index in [1.165, 1.54) is 0 Å². The summed E-state index contributed by atoms with van der Waals surface area (Å²) in [5.74, 6) is 1.06. The average molecular weight is 209 g/mol. The summed E-state index contributed by atoms with van der Waals surface area (Å²) in [6.45, 7) is 3.62. The summed E-state index contributed by atoms with van der Waals surface area (Å²) in [5.41, 5.74) is 0. The van der Waals surface area contributed by atoms with Crippen LogP contribution in [0.5, 0.6) is 0 Å². The van der Waals surface area contributed by atoms with Crippen LogP contribution in [-0.4, -0.2) is 16.8 Å². The number of aryl methyl sites for hydroxylation is 1. The molecule has 0 spiro atoms. The molecule has 1 heterocycles. The normalized spacial score (nSPS) is 10.4. The van der Waals surface area contributed by atoms with Gasteiger partial charge in [0, 0.05) is 25.9 Å². The van der Waals surface area contributed by atoms with E-state index < -0.39 is 7.25 Å². The van der Waals surface area contributed by atoms with Gasteiger partial charge in [0.1, 0.15) is 5.82 Å². The Morgan fingerprint density at radius 3 is 2.29 bits per heavy atom. The van der Waals surface area contributed by atoms with Crippen molar-refractivity contribution in [2.45, 2.75) is 6.42 Å². The zero-order valence-electron chi connectivity index (χ0n) is 7.63. The Morgan fingerprint density at radius 1 is 1.50 bits per heavy atom. The largest absolute Gasteiger partial charge is 0.673 e. The SMILES string of the molecule is C=CCc1nccn1C.F[B-](F)(F)F. The predicted molar refractivity (Wildman–Crippen MR) is 47.3 cm³/mol. The van der Waals surface area contributed by atoms with E-state index >= 15 is 0 Å². The van der Waals surface area contributed by atoms with Gasteiger partial charge in [0.25, 0.3) is 0 Å². The highest BCUT2D eigenvalue weighted by Gasteiger charge is 2.20. The van der Waals surface area contributed by atoms with Crippen molar-refractivity contribution >= 4 is 7.25 Å². The molecule has 0 fully saturated rings. The van der Waals surface area contributed by atoms with Gasteiger partial charge in [-0.15, -0.1) is 6.58 Å². The first-order valence-corrected chi connectivity index (χ1v) is 3.79. The maximum Gasteiger partial charge on any atom is 0.673 e. The Labute approximate surface area is 79.4 Å². The van der Waals surface area contributed by atoms with Crippen molar-refractivity contribution in [2.75, 3.05) is 0 Å². The van der Waals surface area contributed by atoms with Crippen molar-refractivity contribution in [3.8, 4) is 0 Å². The third kappa shape index (κ3) is 7.39. The third-order valence-corrected chi connectivity index (χ3v) is 1.25. The van der Waals surface area contributed by atoms with Crippen LogP contribution >= 0.6 is 0 Å². The van der Waals surface area contributed by atoms with Crippen LogP contribution in [0, 0.1) is 0 Å². The number of hydrogen-bond donors (Lipinski definition) is 0. The van der Waals surface area contributed by atoms with Crippen molar-refractivity contribution in [3.05, 3.63) is 30.9 Å². The van der Waals surface area contributed by atoms with Crippen molar-refractivity contribution in [3.63, 3.8) is 0 Å². The van der Waals surface area contributed by atoms with Crippen LogP contribution in [0.1, 0.15) is 5.82 Å². The maximum atomic E-state index is 9.75. The fraction of sp³-hybridized carbons (Fsp3) is 0.286. The van der Waals surface area contributed by atoms with Crippen LogP contribution < -0.4 is 0 Å². The molecule has 1 aromatic heterocycles. The lowest BCUT2D eigenvalue weighted by Crippen LogP contribution is -2.02. The Hall–Kier alpha value is -1.27. The quantitative estimate of drug-likeness (QED) is 0.415. The highest BCUT2D eigenvalue weighted by molar-refractivity contribution is 6.50. The summed E-state index contributed by atoms with van der Waals surface area (Å²) in [6, 6.07) is 0. The second-order valence-corrected chi connectivity index (χ2v) is 2.44. The first-order chi connectivity index (χ1) is 6.34. The van der Waals surface area contributed by atoms with Gasteiger partial charge in [0.05, 0.1) is 0 Å². The standard InChI is InChI=1S/C7H10N2.BF4/c1-3-4-7-8-5-6-9(7)2;2-1(3,4)5/h3,5-6H,1,4H2,2H3;/q;-1. The summed E-state index contributed by atoms with van der Waals surface area (Å²) in [6.07, 6.45) is 6.42. The lowest BCUT2D eigenvalue weighted by atomic mass is 10.3. The first kappa shape index (κ1) is 12.7. The Morgan fingerprint density at radius 2 is 2.00 bits per heavy atom. The van der Waals surface area contributed by atoms with Gasteiger partial charge in [-0.3, -0.25) is 0 Å². The van der Waals surface area contributed by atoms with E-state index in [9.17, 15) is 17.3 Å². The summed E-state index contributed by atoms with van der Waals surface area (Å²) in [5, 5.41) is 0. The van der Waals surface area contributed by atoms with E-state index in [2.05, 4.69) is 11.6 Å². The minimum absolute atomic E-state index is 0.851. The van der Waals surface area contributed by atoms with Crippen LogP contribution in [0.3, 0.4) is 0 Å². The first-order valence-electron chi connectivity index (χ1n) is 3.79. The summed E-state index contributed by atoms with van der Waals surface area (Å²) in [7, 11) is -4.02. The van der Waals surface area contributed by atoms with E-state index in [1.807, 2.05) is 23.9 Å².